The van der Waals surface area contributed by atoms with Crippen LogP contribution >= 0.6 is 0 Å². The first-order valence-electron chi connectivity index (χ1n) is 13.0. The number of sulfonamides is 1. The van der Waals surface area contributed by atoms with Gasteiger partial charge in [-0.1, -0.05) is 31.2 Å². The van der Waals surface area contributed by atoms with Gasteiger partial charge in [0.25, 0.3) is 0 Å². The fraction of sp³-hybridized carbons (Fsp3) is 0.267. The summed E-state index contributed by atoms with van der Waals surface area (Å²) in [4.78, 5) is 19.6. The van der Waals surface area contributed by atoms with Gasteiger partial charge in [-0.2, -0.15) is 0 Å². The summed E-state index contributed by atoms with van der Waals surface area (Å²) in [6.07, 6.45) is 4.87. The summed E-state index contributed by atoms with van der Waals surface area (Å²) in [5, 5.41) is 0. The second-order valence-electron chi connectivity index (χ2n) is 10.1. The van der Waals surface area contributed by atoms with E-state index in [-0.39, 0.29) is 35.5 Å². The predicted molar refractivity (Wildman–Crippen MR) is 148 cm³/mol. The molecule has 1 aromatic heterocycles. The molecule has 7 nitrogen and oxygen atoms in total. The van der Waals surface area contributed by atoms with Crippen molar-refractivity contribution in [3.63, 3.8) is 0 Å². The largest absolute Gasteiger partial charge is 0.337 e. The highest BCUT2D eigenvalue weighted by molar-refractivity contribution is 7.89. The standard InChI is InChI=1S/C30H30F2N4O3S/c1-20(21-6-10-23(31)11-7-21)16-30(37)36(19-29-33-14-15-35(29)2)25-12-8-22-9-13-28(27(22)18-25)34-40(38,39)26-5-3-4-24(32)17-26/h3-8,10-12,14-15,17-18,20,28,34H,9,13,16,19H2,1-2H3/t20-,28-/m0/s1. The highest BCUT2D eigenvalue weighted by Gasteiger charge is 2.30. The smallest absolute Gasteiger partial charge is 0.241 e. The van der Waals surface area contributed by atoms with Gasteiger partial charge >= 0.3 is 0 Å². The topological polar surface area (TPSA) is 84.3 Å². The number of hydrogen-bond donors (Lipinski definition) is 1. The van der Waals surface area contributed by atoms with Crippen molar-refractivity contribution in [3.05, 3.63) is 113 Å². The zero-order valence-corrected chi connectivity index (χ0v) is 23.0. The average Bonchev–Trinajstić information content (AvgIpc) is 3.52. The quantitative estimate of drug-likeness (QED) is 0.296. The van der Waals surface area contributed by atoms with Crippen molar-refractivity contribution >= 4 is 21.6 Å². The molecule has 1 amide bonds. The highest BCUT2D eigenvalue weighted by atomic mass is 32.2. The van der Waals surface area contributed by atoms with E-state index >= 15 is 0 Å². The van der Waals surface area contributed by atoms with Crippen molar-refractivity contribution in [1.29, 1.82) is 0 Å². The first kappa shape index (κ1) is 27.7. The maximum atomic E-state index is 13.7. The third-order valence-electron chi connectivity index (χ3n) is 7.36. The minimum absolute atomic E-state index is 0.140. The Kier molecular flexibility index (Phi) is 7.82. The van der Waals surface area contributed by atoms with Gasteiger partial charge in [-0.15, -0.1) is 0 Å². The van der Waals surface area contributed by atoms with E-state index in [9.17, 15) is 22.0 Å². The van der Waals surface area contributed by atoms with E-state index in [0.29, 0.717) is 24.4 Å². The Morgan fingerprint density at radius 3 is 2.58 bits per heavy atom. The van der Waals surface area contributed by atoms with Crippen LogP contribution in [0.1, 0.15) is 54.2 Å². The normalized spacial score (nSPS) is 15.6. The minimum Gasteiger partial charge on any atom is -0.337 e. The Balaban J connectivity index is 1.43. The molecule has 2 atom stereocenters. The van der Waals surface area contributed by atoms with Crippen LogP contribution in [0.25, 0.3) is 0 Å². The molecule has 3 aromatic carbocycles. The van der Waals surface area contributed by atoms with Crippen LogP contribution < -0.4 is 9.62 Å². The molecule has 208 valence electrons. The van der Waals surface area contributed by atoms with E-state index in [0.717, 1.165) is 22.8 Å². The Bertz CT molecular complexity index is 1640. The number of rotatable bonds is 9. The van der Waals surface area contributed by atoms with Crippen LogP contribution in [-0.4, -0.2) is 23.9 Å². The molecule has 4 aromatic rings. The Morgan fingerprint density at radius 1 is 1.10 bits per heavy atom. The molecule has 0 aliphatic heterocycles. The van der Waals surface area contributed by atoms with Crippen LogP contribution in [0, 0.1) is 11.6 Å². The van der Waals surface area contributed by atoms with Crippen molar-refractivity contribution < 1.29 is 22.0 Å². The zero-order valence-electron chi connectivity index (χ0n) is 22.2. The number of aromatic nitrogens is 2. The molecule has 1 aliphatic rings. The van der Waals surface area contributed by atoms with Gasteiger partial charge in [-0.3, -0.25) is 4.79 Å². The predicted octanol–water partition coefficient (Wildman–Crippen LogP) is 5.39. The lowest BCUT2D eigenvalue weighted by Gasteiger charge is -2.26. The molecular formula is C30H30F2N4O3S. The summed E-state index contributed by atoms with van der Waals surface area (Å²) in [5.41, 5.74) is 3.24. The summed E-state index contributed by atoms with van der Waals surface area (Å²) in [7, 11) is -2.11. The first-order chi connectivity index (χ1) is 19.1. The van der Waals surface area contributed by atoms with E-state index < -0.39 is 21.9 Å². The molecule has 0 unspecified atom stereocenters. The number of nitrogens with one attached hydrogen (secondary N) is 1. The Labute approximate surface area is 232 Å². The number of halogens is 2. The molecule has 0 saturated heterocycles. The van der Waals surface area contributed by atoms with Gasteiger partial charge in [0.05, 0.1) is 11.4 Å². The number of anilines is 1. The molecule has 1 heterocycles. The van der Waals surface area contributed by atoms with Crippen LogP contribution in [-0.2, 0) is 34.8 Å². The lowest BCUT2D eigenvalue weighted by atomic mass is 9.97. The van der Waals surface area contributed by atoms with Crippen LogP contribution in [0.4, 0.5) is 14.5 Å². The Hall–Kier alpha value is -3.89. The number of hydrogen-bond acceptors (Lipinski definition) is 4. The molecule has 40 heavy (non-hydrogen) atoms. The third kappa shape index (κ3) is 5.97. The lowest BCUT2D eigenvalue weighted by molar-refractivity contribution is -0.119. The molecule has 0 spiro atoms. The summed E-state index contributed by atoms with van der Waals surface area (Å²) in [6.45, 7) is 2.14. The monoisotopic (exact) mass is 564 g/mol. The number of benzene rings is 3. The molecule has 10 heteroatoms. The molecule has 0 radical (unpaired) electrons. The zero-order chi connectivity index (χ0) is 28.4. The number of carbonyl (C=O) groups is 1. The van der Waals surface area contributed by atoms with Gasteiger partial charge in [0.15, 0.2) is 0 Å². The number of fused-ring (bicyclic) bond motifs is 1. The van der Waals surface area contributed by atoms with Crippen LogP contribution in [0.15, 0.2) is 84.0 Å². The van der Waals surface area contributed by atoms with Crippen LogP contribution in [0.3, 0.4) is 0 Å². The second-order valence-corrected chi connectivity index (χ2v) is 11.9. The number of carbonyl (C=O) groups excluding carboxylic acids is 1. The highest BCUT2D eigenvalue weighted by Crippen LogP contribution is 2.36. The number of amides is 1. The fourth-order valence-corrected chi connectivity index (χ4v) is 6.35. The van der Waals surface area contributed by atoms with Crippen LogP contribution in [0.2, 0.25) is 0 Å². The number of imidazole rings is 1. The molecular weight excluding hydrogens is 534 g/mol. The van der Waals surface area contributed by atoms with Gasteiger partial charge in [-0.25, -0.2) is 26.9 Å². The van der Waals surface area contributed by atoms with Crippen molar-refractivity contribution in [1.82, 2.24) is 14.3 Å². The van der Waals surface area contributed by atoms with Gasteiger partial charge in [-0.05, 0) is 77.9 Å². The summed E-state index contributed by atoms with van der Waals surface area (Å²) >= 11 is 0. The van der Waals surface area contributed by atoms with E-state index in [1.807, 2.05) is 36.7 Å². The maximum Gasteiger partial charge on any atom is 0.241 e. The van der Waals surface area contributed by atoms with Crippen molar-refractivity contribution in [2.45, 2.75) is 49.6 Å². The summed E-state index contributed by atoms with van der Waals surface area (Å²) in [6, 6.07) is 16.1. The lowest BCUT2D eigenvalue weighted by Crippen LogP contribution is -2.32. The summed E-state index contributed by atoms with van der Waals surface area (Å²) in [5.74, 6) is -0.576. The van der Waals surface area contributed by atoms with E-state index in [4.69, 9.17) is 0 Å². The Morgan fingerprint density at radius 2 is 1.88 bits per heavy atom. The van der Waals surface area contributed by atoms with E-state index in [1.165, 1.54) is 30.3 Å². The minimum atomic E-state index is -3.97. The molecule has 1 N–H and O–H groups in total. The molecule has 1 aliphatic carbocycles. The molecule has 5 rings (SSSR count). The van der Waals surface area contributed by atoms with Gasteiger partial charge in [0, 0.05) is 37.6 Å². The number of nitrogens with zero attached hydrogens (tertiary/aromatic N) is 3. The van der Waals surface area contributed by atoms with E-state index in [2.05, 4.69) is 9.71 Å². The fourth-order valence-electron chi connectivity index (χ4n) is 5.06. The van der Waals surface area contributed by atoms with Gasteiger partial charge in [0.2, 0.25) is 15.9 Å². The first-order valence-corrected chi connectivity index (χ1v) is 14.5. The number of aryl methyl sites for hydroxylation is 2. The third-order valence-corrected chi connectivity index (χ3v) is 8.83. The van der Waals surface area contributed by atoms with E-state index in [1.54, 1.807) is 29.4 Å². The van der Waals surface area contributed by atoms with Crippen molar-refractivity contribution in [2.24, 2.45) is 7.05 Å². The van der Waals surface area contributed by atoms with Crippen molar-refractivity contribution in [3.8, 4) is 0 Å². The second kappa shape index (κ2) is 11.3. The van der Waals surface area contributed by atoms with Crippen LogP contribution in [0.5, 0.6) is 0 Å². The van der Waals surface area contributed by atoms with Gasteiger partial charge < -0.3 is 9.47 Å². The van der Waals surface area contributed by atoms with Crippen molar-refractivity contribution in [2.75, 3.05) is 4.90 Å². The molecule has 0 fully saturated rings. The van der Waals surface area contributed by atoms with Gasteiger partial charge in [0.1, 0.15) is 17.5 Å². The molecule has 0 bridgehead atoms. The summed E-state index contributed by atoms with van der Waals surface area (Å²) < 4.78 is 57.8. The SMILES string of the molecule is C[C@@H](CC(=O)N(Cc1nccn1C)c1ccc2c(c1)[C@@H](NS(=O)(=O)c1cccc(F)c1)CC2)c1ccc(F)cc1. The maximum absolute atomic E-state index is 13.7. The molecule has 0 saturated carbocycles. The average molecular weight is 565 g/mol.